The Labute approximate surface area is 169 Å². The van der Waals surface area contributed by atoms with Crippen LogP contribution in [0.2, 0.25) is 0 Å². The number of amides is 1. The maximum absolute atomic E-state index is 12.3. The van der Waals surface area contributed by atoms with Gasteiger partial charge in [0.2, 0.25) is 11.6 Å². The first-order valence-electron chi connectivity index (χ1n) is 10.2. The van der Waals surface area contributed by atoms with Gasteiger partial charge in [-0.3, -0.25) is 9.69 Å². The summed E-state index contributed by atoms with van der Waals surface area (Å²) in [5.41, 5.74) is 5.95. The molecule has 0 spiro atoms. The number of carbonyl (C=O) groups excluding carboxylic acids is 1. The lowest BCUT2D eigenvalue weighted by molar-refractivity contribution is -0.438. The number of aryl methyl sites for hydroxylation is 1. The fraction of sp³-hybridized carbons (Fsp3) is 0.360. The van der Waals surface area contributed by atoms with Crippen LogP contribution in [0.4, 0.5) is 11.4 Å². The number of unbranched alkanes of at least 4 members (excludes halogenated alkanes) is 1. The maximum Gasteiger partial charge on any atom is 0.227 e. The zero-order chi connectivity index (χ0) is 20.3. The van der Waals surface area contributed by atoms with Crippen molar-refractivity contribution >= 4 is 23.0 Å². The fourth-order valence-electron chi connectivity index (χ4n) is 3.95. The minimum atomic E-state index is -0.106. The maximum atomic E-state index is 12.3. The van der Waals surface area contributed by atoms with E-state index in [1.807, 2.05) is 36.5 Å². The van der Waals surface area contributed by atoms with Crippen LogP contribution in [0.1, 0.15) is 51.7 Å². The zero-order valence-corrected chi connectivity index (χ0v) is 17.7. The third kappa shape index (κ3) is 3.80. The molecule has 0 saturated carbocycles. The Bertz CT molecular complexity index is 923. The van der Waals surface area contributed by atoms with Gasteiger partial charge in [-0.2, -0.15) is 4.58 Å². The number of anilines is 1. The van der Waals surface area contributed by atoms with Crippen LogP contribution in [0.15, 0.2) is 60.8 Å². The summed E-state index contributed by atoms with van der Waals surface area (Å²) < 4.78 is 2.43. The number of carbonyl (C=O) groups is 1. The van der Waals surface area contributed by atoms with Crippen molar-refractivity contribution in [3.63, 3.8) is 0 Å². The van der Waals surface area contributed by atoms with Crippen LogP contribution in [0.3, 0.4) is 0 Å². The molecule has 1 heterocycles. The molecule has 0 radical (unpaired) electrons. The van der Waals surface area contributed by atoms with Crippen molar-refractivity contribution in [3.8, 4) is 0 Å². The van der Waals surface area contributed by atoms with Gasteiger partial charge in [0.25, 0.3) is 0 Å². The highest BCUT2D eigenvalue weighted by molar-refractivity contribution is 6.04. The van der Waals surface area contributed by atoms with Crippen molar-refractivity contribution < 1.29 is 9.37 Å². The Morgan fingerprint density at radius 3 is 2.50 bits per heavy atom. The molecular formula is C25H31N2O+. The predicted molar refractivity (Wildman–Crippen MR) is 118 cm³/mol. The molecule has 1 aliphatic rings. The van der Waals surface area contributed by atoms with Crippen molar-refractivity contribution in [2.75, 3.05) is 11.4 Å². The van der Waals surface area contributed by atoms with Crippen LogP contribution in [0, 0.1) is 6.92 Å². The summed E-state index contributed by atoms with van der Waals surface area (Å²) in [4.78, 5) is 14.0. The number of rotatable bonds is 6. The van der Waals surface area contributed by atoms with Crippen LogP contribution in [-0.2, 0) is 10.2 Å². The van der Waals surface area contributed by atoms with E-state index < -0.39 is 0 Å². The number of benzene rings is 2. The Balaban J connectivity index is 2.06. The summed E-state index contributed by atoms with van der Waals surface area (Å²) in [5.74, 6) is 0.00678. The number of nitrogens with zero attached hydrogens (tertiary/aromatic N) is 2. The van der Waals surface area contributed by atoms with Crippen LogP contribution in [0.25, 0.3) is 0 Å². The van der Waals surface area contributed by atoms with E-state index in [1.54, 1.807) is 11.8 Å². The molecule has 3 nitrogen and oxygen atoms in total. The third-order valence-corrected chi connectivity index (χ3v) is 5.54. The second kappa shape index (κ2) is 8.14. The van der Waals surface area contributed by atoms with E-state index in [2.05, 4.69) is 56.5 Å². The summed E-state index contributed by atoms with van der Waals surface area (Å²) in [7, 11) is 0. The summed E-state index contributed by atoms with van der Waals surface area (Å²) >= 11 is 0. The standard InChI is InChI=1S/C25H31N2O/c1-6-7-16-27-23-14-13-19(2)18-22(23)25(4,5)24(27)15-17-26(20(3)28)21-11-9-8-10-12-21/h8-15,17-18H,6-7,16H2,1-5H3/q+1. The van der Waals surface area contributed by atoms with Gasteiger partial charge in [0.15, 0.2) is 5.71 Å². The molecule has 146 valence electrons. The van der Waals surface area contributed by atoms with Gasteiger partial charge in [-0.15, -0.1) is 0 Å². The molecule has 2 aromatic carbocycles. The van der Waals surface area contributed by atoms with Crippen LogP contribution >= 0.6 is 0 Å². The van der Waals surface area contributed by atoms with Crippen molar-refractivity contribution in [3.05, 3.63) is 71.9 Å². The van der Waals surface area contributed by atoms with Crippen molar-refractivity contribution in [1.29, 1.82) is 0 Å². The molecule has 2 aromatic rings. The minimum absolute atomic E-state index is 0.00678. The minimum Gasteiger partial charge on any atom is -0.288 e. The molecule has 0 bridgehead atoms. The van der Waals surface area contributed by atoms with E-state index in [0.29, 0.717) is 0 Å². The Kier molecular flexibility index (Phi) is 5.83. The fourth-order valence-corrected chi connectivity index (χ4v) is 3.95. The summed E-state index contributed by atoms with van der Waals surface area (Å²) in [6.07, 6.45) is 6.33. The average Bonchev–Trinajstić information content (AvgIpc) is 2.87. The van der Waals surface area contributed by atoms with Gasteiger partial charge in [0.05, 0.1) is 5.41 Å². The molecule has 3 heteroatoms. The normalized spacial score (nSPS) is 15.2. The molecule has 0 N–H and O–H groups in total. The molecular weight excluding hydrogens is 344 g/mol. The first kappa shape index (κ1) is 20.1. The summed E-state index contributed by atoms with van der Waals surface area (Å²) in [6, 6.07) is 16.5. The number of hydrogen-bond donors (Lipinski definition) is 0. The van der Waals surface area contributed by atoms with Crippen LogP contribution in [-0.4, -0.2) is 22.7 Å². The molecule has 0 aromatic heterocycles. The first-order chi connectivity index (χ1) is 13.4. The van der Waals surface area contributed by atoms with E-state index in [1.165, 1.54) is 22.5 Å². The SMILES string of the molecule is CCCC[N+]1=C(/C=C/N(C(C)=O)c2ccccc2)C(C)(C)c2cc(C)ccc21. The quantitative estimate of drug-likeness (QED) is 0.591. The van der Waals surface area contributed by atoms with Crippen molar-refractivity contribution in [1.82, 2.24) is 0 Å². The molecule has 3 rings (SSSR count). The first-order valence-corrected chi connectivity index (χ1v) is 10.2. The molecule has 28 heavy (non-hydrogen) atoms. The van der Waals surface area contributed by atoms with Crippen LogP contribution < -0.4 is 4.90 Å². The second-order valence-electron chi connectivity index (χ2n) is 8.08. The monoisotopic (exact) mass is 375 g/mol. The Morgan fingerprint density at radius 1 is 1.14 bits per heavy atom. The number of fused-ring (bicyclic) bond motifs is 1. The van der Waals surface area contributed by atoms with Crippen LogP contribution in [0.5, 0.6) is 0 Å². The predicted octanol–water partition coefficient (Wildman–Crippen LogP) is 5.74. The van der Waals surface area contributed by atoms with E-state index in [4.69, 9.17) is 0 Å². The number of allylic oxidation sites excluding steroid dienone is 1. The topological polar surface area (TPSA) is 23.3 Å². The van der Waals surface area contributed by atoms with Gasteiger partial charge in [0.1, 0.15) is 6.54 Å². The van der Waals surface area contributed by atoms with Gasteiger partial charge in [-0.05, 0) is 39.0 Å². The molecule has 0 unspecified atom stereocenters. The molecule has 0 aliphatic carbocycles. The second-order valence-corrected chi connectivity index (χ2v) is 8.08. The van der Waals surface area contributed by atoms with E-state index >= 15 is 0 Å². The van der Waals surface area contributed by atoms with E-state index in [0.717, 1.165) is 25.1 Å². The lowest BCUT2D eigenvalue weighted by atomic mass is 9.81. The highest BCUT2D eigenvalue weighted by Gasteiger charge is 2.44. The average molecular weight is 376 g/mol. The van der Waals surface area contributed by atoms with Gasteiger partial charge in [0, 0.05) is 42.9 Å². The summed E-state index contributed by atoms with van der Waals surface area (Å²) in [6.45, 7) is 11.5. The Morgan fingerprint density at radius 2 is 1.86 bits per heavy atom. The largest absolute Gasteiger partial charge is 0.288 e. The van der Waals surface area contributed by atoms with Crippen molar-refractivity contribution in [2.24, 2.45) is 0 Å². The van der Waals surface area contributed by atoms with Gasteiger partial charge in [-0.25, -0.2) is 0 Å². The van der Waals surface area contributed by atoms with Gasteiger partial charge < -0.3 is 0 Å². The van der Waals surface area contributed by atoms with E-state index in [-0.39, 0.29) is 11.3 Å². The van der Waals surface area contributed by atoms with Gasteiger partial charge in [-0.1, -0.05) is 43.2 Å². The highest BCUT2D eigenvalue weighted by Crippen LogP contribution is 2.40. The lowest BCUT2D eigenvalue weighted by Gasteiger charge is -2.19. The molecule has 0 atom stereocenters. The lowest BCUT2D eigenvalue weighted by Crippen LogP contribution is -2.29. The zero-order valence-electron chi connectivity index (χ0n) is 17.7. The van der Waals surface area contributed by atoms with E-state index in [9.17, 15) is 4.79 Å². The Hall–Kier alpha value is -2.68. The summed E-state index contributed by atoms with van der Waals surface area (Å²) in [5, 5.41) is 0. The van der Waals surface area contributed by atoms with Gasteiger partial charge >= 0.3 is 0 Å². The number of para-hydroxylation sites is 1. The molecule has 0 fully saturated rings. The number of hydrogen-bond acceptors (Lipinski definition) is 1. The van der Waals surface area contributed by atoms with Crippen molar-refractivity contribution in [2.45, 2.75) is 52.9 Å². The molecule has 1 amide bonds. The highest BCUT2D eigenvalue weighted by atomic mass is 16.2. The smallest absolute Gasteiger partial charge is 0.227 e. The third-order valence-electron chi connectivity index (χ3n) is 5.54. The molecule has 1 aliphatic heterocycles. The molecule has 0 saturated heterocycles.